The van der Waals surface area contributed by atoms with Crippen LogP contribution in [-0.2, 0) is 17.9 Å². The molecule has 0 saturated heterocycles. The third kappa shape index (κ3) is 4.10. The van der Waals surface area contributed by atoms with E-state index in [2.05, 4.69) is 4.72 Å². The van der Waals surface area contributed by atoms with Crippen LogP contribution in [0.25, 0.3) is 11.1 Å². The van der Waals surface area contributed by atoms with Crippen molar-refractivity contribution in [3.8, 4) is 11.1 Å². The maximum atomic E-state index is 15.3. The molecule has 2 aromatic carbocycles. The van der Waals surface area contributed by atoms with Gasteiger partial charge < -0.3 is 4.57 Å². The molecular formula is C25H23F2N3O3S. The number of hydrogen-bond donors (Lipinski definition) is 2. The first kappa shape index (κ1) is 22.6. The number of pyridine rings is 1. The van der Waals surface area contributed by atoms with Crippen LogP contribution in [0.4, 0.5) is 8.78 Å². The van der Waals surface area contributed by atoms with E-state index in [0.717, 1.165) is 24.0 Å². The highest BCUT2D eigenvalue weighted by atomic mass is 32.2. The number of thiol groups is 1. The van der Waals surface area contributed by atoms with Crippen molar-refractivity contribution in [1.82, 2.24) is 9.29 Å². The number of hydrogen-bond acceptors (Lipinski definition) is 4. The highest BCUT2D eigenvalue weighted by Gasteiger charge is 2.37. The Labute approximate surface area is 197 Å². The molecule has 1 aliphatic heterocycles. The van der Waals surface area contributed by atoms with Crippen LogP contribution in [0.5, 0.6) is 0 Å². The molecule has 9 heteroatoms. The van der Waals surface area contributed by atoms with Crippen molar-refractivity contribution >= 4 is 16.6 Å². The largest absolute Gasteiger partial charge is 0.318 e. The van der Waals surface area contributed by atoms with Crippen LogP contribution in [0, 0.1) is 17.6 Å². The second-order valence-corrected chi connectivity index (χ2v) is 9.66. The minimum Gasteiger partial charge on any atom is -0.318 e. The molecule has 3 aromatic rings. The van der Waals surface area contributed by atoms with Crippen LogP contribution in [0.1, 0.15) is 54.1 Å². The van der Waals surface area contributed by atoms with E-state index in [1.807, 2.05) is 0 Å². The van der Waals surface area contributed by atoms with Gasteiger partial charge in [-0.25, -0.2) is 21.9 Å². The average molecular weight is 484 g/mol. The van der Waals surface area contributed by atoms with Gasteiger partial charge in [0.2, 0.25) is 10.9 Å². The number of aromatic nitrogens is 1. The van der Waals surface area contributed by atoms with E-state index in [0.29, 0.717) is 22.4 Å². The molecule has 176 valence electrons. The minimum atomic E-state index is -2.93. The van der Waals surface area contributed by atoms with E-state index in [4.69, 9.17) is 4.99 Å². The van der Waals surface area contributed by atoms with Crippen molar-refractivity contribution in [2.24, 2.45) is 18.0 Å². The molecule has 1 fully saturated rings. The summed E-state index contributed by atoms with van der Waals surface area (Å²) in [6.07, 6.45) is 3.66. The fourth-order valence-electron chi connectivity index (χ4n) is 4.57. The third-order valence-electron chi connectivity index (χ3n) is 6.48. The molecule has 5 rings (SSSR count). The molecule has 1 aromatic heterocycles. The van der Waals surface area contributed by atoms with E-state index in [1.54, 1.807) is 44.4 Å². The van der Waals surface area contributed by atoms with Gasteiger partial charge in [0.15, 0.2) is 0 Å². The van der Waals surface area contributed by atoms with Gasteiger partial charge in [-0.2, -0.15) is 0 Å². The van der Waals surface area contributed by atoms with Gasteiger partial charge in [-0.05, 0) is 73.2 Å². The van der Waals surface area contributed by atoms with Gasteiger partial charge in [0.25, 0.3) is 5.56 Å². The predicted octanol–water partition coefficient (Wildman–Crippen LogP) is 3.81. The molecule has 0 bridgehead atoms. The standard InChI is InChI=1S/C25H23F2N3O3S/c1-13(29-34(32)33)17-9-18-19(10-22(17)27)24(15-5-7-16(26)8-6-15)28-25(14-3-4-14)20-11-23(31)30(2)12-21(18)20/h5-14,25,34H,3-4H2,1-2H3,(H,29,32,33). The number of fused-ring (bicyclic) bond motifs is 3. The second-order valence-electron chi connectivity index (χ2n) is 8.89. The first-order chi connectivity index (χ1) is 16.2. The van der Waals surface area contributed by atoms with Crippen LogP contribution in [0.15, 0.2) is 58.4 Å². The first-order valence-electron chi connectivity index (χ1n) is 11.0. The van der Waals surface area contributed by atoms with Crippen molar-refractivity contribution in [3.63, 3.8) is 0 Å². The molecule has 2 unspecified atom stereocenters. The summed E-state index contributed by atoms with van der Waals surface area (Å²) >= 11 is 0. The molecule has 0 spiro atoms. The van der Waals surface area contributed by atoms with Gasteiger partial charge >= 0.3 is 0 Å². The van der Waals surface area contributed by atoms with Crippen LogP contribution in [-0.4, -0.2) is 18.7 Å². The molecule has 34 heavy (non-hydrogen) atoms. The summed E-state index contributed by atoms with van der Waals surface area (Å²) in [6.45, 7) is 1.57. The number of rotatable bonds is 5. The molecule has 1 saturated carbocycles. The summed E-state index contributed by atoms with van der Waals surface area (Å²) in [5.41, 5.74) is 3.81. The Morgan fingerprint density at radius 3 is 2.41 bits per heavy atom. The van der Waals surface area contributed by atoms with Crippen LogP contribution in [0.3, 0.4) is 0 Å². The Morgan fingerprint density at radius 2 is 1.76 bits per heavy atom. The van der Waals surface area contributed by atoms with Crippen molar-refractivity contribution in [2.45, 2.75) is 31.8 Å². The fraction of sp³-hybridized carbons (Fsp3) is 0.280. The van der Waals surface area contributed by atoms with Crippen LogP contribution < -0.4 is 10.3 Å². The maximum Gasteiger partial charge on any atom is 0.250 e. The number of aryl methyl sites for hydroxylation is 1. The van der Waals surface area contributed by atoms with Gasteiger partial charge in [-0.15, -0.1) is 0 Å². The fourth-order valence-corrected chi connectivity index (χ4v) is 5.02. The van der Waals surface area contributed by atoms with Gasteiger partial charge in [0.05, 0.1) is 11.8 Å². The Bertz CT molecular complexity index is 1450. The Hall–Kier alpha value is -3.17. The van der Waals surface area contributed by atoms with Crippen LogP contribution >= 0.6 is 0 Å². The lowest BCUT2D eigenvalue weighted by atomic mass is 9.89. The molecule has 6 nitrogen and oxygen atoms in total. The topological polar surface area (TPSA) is 80.5 Å². The van der Waals surface area contributed by atoms with E-state index >= 15 is 4.39 Å². The molecule has 2 atom stereocenters. The molecular weight excluding hydrogens is 460 g/mol. The SMILES string of the molecule is CC(N[SH](=O)=O)c1cc2c(cc1F)C(c1ccc(F)cc1)=NC(C1CC1)c1cc(=O)n(C)cc1-2. The lowest BCUT2D eigenvalue weighted by Gasteiger charge is -2.18. The Kier molecular flexibility index (Phi) is 5.69. The highest BCUT2D eigenvalue weighted by Crippen LogP contribution is 2.48. The highest BCUT2D eigenvalue weighted by molar-refractivity contribution is 7.70. The maximum absolute atomic E-state index is 15.3. The van der Waals surface area contributed by atoms with Crippen LogP contribution in [0.2, 0.25) is 0 Å². The monoisotopic (exact) mass is 483 g/mol. The lowest BCUT2D eigenvalue weighted by molar-refractivity contribution is 0.563. The van der Waals surface area contributed by atoms with Crippen molar-refractivity contribution in [1.29, 1.82) is 0 Å². The van der Waals surface area contributed by atoms with Gasteiger partial charge in [-0.3, -0.25) is 9.79 Å². The first-order valence-corrected chi connectivity index (χ1v) is 12.2. The lowest BCUT2D eigenvalue weighted by Crippen LogP contribution is -2.19. The summed E-state index contributed by atoms with van der Waals surface area (Å²) in [7, 11) is -1.28. The summed E-state index contributed by atoms with van der Waals surface area (Å²) in [5, 5.41) is 0. The van der Waals surface area contributed by atoms with E-state index in [-0.39, 0.29) is 23.1 Å². The normalized spacial score (nSPS) is 18.1. The number of nitrogens with zero attached hydrogens (tertiary/aromatic N) is 2. The van der Waals surface area contributed by atoms with Crippen molar-refractivity contribution in [3.05, 3.63) is 92.9 Å². The summed E-state index contributed by atoms with van der Waals surface area (Å²) < 4.78 is 55.3. The van der Waals surface area contributed by atoms with Gasteiger partial charge in [0.1, 0.15) is 11.6 Å². The van der Waals surface area contributed by atoms with Crippen molar-refractivity contribution in [2.75, 3.05) is 0 Å². The Morgan fingerprint density at radius 1 is 1.06 bits per heavy atom. The summed E-state index contributed by atoms with van der Waals surface area (Å²) in [5.74, 6) is -0.719. The van der Waals surface area contributed by atoms with Gasteiger partial charge in [-0.1, -0.05) is 0 Å². The zero-order chi connectivity index (χ0) is 24.1. The third-order valence-corrected chi connectivity index (χ3v) is 7.08. The molecule has 1 N–H and O–H groups in total. The predicted molar refractivity (Wildman–Crippen MR) is 126 cm³/mol. The molecule has 2 aliphatic rings. The number of aliphatic imine (C=N–C) groups is 1. The van der Waals surface area contributed by atoms with E-state index < -0.39 is 28.6 Å². The van der Waals surface area contributed by atoms with E-state index in [1.165, 1.54) is 22.8 Å². The van der Waals surface area contributed by atoms with Gasteiger partial charge in [0, 0.05) is 47.6 Å². The number of halogens is 2. The molecule has 0 amide bonds. The average Bonchev–Trinajstić information content (AvgIpc) is 3.62. The zero-order valence-corrected chi connectivity index (χ0v) is 19.5. The Balaban J connectivity index is 1.82. The summed E-state index contributed by atoms with van der Waals surface area (Å²) in [4.78, 5) is 17.6. The number of nitrogens with one attached hydrogen (secondary N) is 1. The molecule has 0 radical (unpaired) electrons. The molecule has 1 aliphatic carbocycles. The zero-order valence-electron chi connectivity index (χ0n) is 18.6. The second kappa shape index (κ2) is 8.56. The smallest absolute Gasteiger partial charge is 0.250 e. The minimum absolute atomic E-state index is 0.174. The molecule has 2 heterocycles. The summed E-state index contributed by atoms with van der Waals surface area (Å²) in [6, 6.07) is 9.34. The number of benzene rings is 2. The van der Waals surface area contributed by atoms with Crippen molar-refractivity contribution < 1.29 is 17.2 Å². The quantitative estimate of drug-likeness (QED) is 0.542. The van der Waals surface area contributed by atoms with E-state index in [9.17, 15) is 17.6 Å².